The SMILES string of the molecule is CC(C)(CC(CCO)c1ccccc1)OC(N)=O. The molecule has 1 rings (SSSR count). The summed E-state index contributed by atoms with van der Waals surface area (Å²) in [6.07, 6.45) is 0.492. The van der Waals surface area contributed by atoms with Crippen LogP contribution in [0.4, 0.5) is 4.79 Å². The van der Waals surface area contributed by atoms with Crippen LogP contribution in [-0.2, 0) is 4.74 Å². The predicted octanol–water partition coefficient (Wildman–Crippen LogP) is 2.42. The number of ether oxygens (including phenoxy) is 1. The molecule has 0 saturated heterocycles. The molecule has 3 N–H and O–H groups in total. The minimum Gasteiger partial charge on any atom is -0.444 e. The van der Waals surface area contributed by atoms with Crippen LogP contribution >= 0.6 is 0 Å². The van der Waals surface area contributed by atoms with Crippen LogP contribution in [0.15, 0.2) is 30.3 Å². The highest BCUT2D eigenvalue weighted by atomic mass is 16.6. The molecule has 0 heterocycles. The lowest BCUT2D eigenvalue weighted by molar-refractivity contribution is 0.0318. The molecule has 1 amide bonds. The largest absolute Gasteiger partial charge is 0.444 e. The molecule has 4 nitrogen and oxygen atoms in total. The van der Waals surface area contributed by atoms with Crippen LogP contribution in [0.2, 0.25) is 0 Å². The molecule has 0 saturated carbocycles. The second-order valence-electron chi connectivity index (χ2n) is 5.00. The summed E-state index contributed by atoms with van der Waals surface area (Å²) in [4.78, 5) is 10.8. The molecular formula is C14H21NO3. The lowest BCUT2D eigenvalue weighted by Crippen LogP contribution is -2.33. The zero-order valence-electron chi connectivity index (χ0n) is 10.9. The first-order valence-corrected chi connectivity index (χ1v) is 6.09. The van der Waals surface area contributed by atoms with Crippen molar-refractivity contribution < 1.29 is 14.6 Å². The molecule has 0 radical (unpaired) electrons. The third kappa shape index (κ3) is 4.75. The highest BCUT2D eigenvalue weighted by molar-refractivity contribution is 5.65. The minimum absolute atomic E-state index is 0.103. The fraction of sp³-hybridized carbons (Fsp3) is 0.500. The molecule has 0 aliphatic carbocycles. The number of nitrogens with two attached hydrogens (primary N) is 1. The standard InChI is InChI=1S/C14H21NO3/c1-14(2,18-13(15)17)10-12(8-9-16)11-6-4-3-5-7-11/h3-7,12,16H,8-10H2,1-2H3,(H2,15,17). The van der Waals surface area contributed by atoms with Crippen LogP contribution in [0, 0.1) is 0 Å². The Morgan fingerprint density at radius 3 is 2.50 bits per heavy atom. The van der Waals surface area contributed by atoms with Crippen molar-refractivity contribution in [3.05, 3.63) is 35.9 Å². The van der Waals surface area contributed by atoms with E-state index in [4.69, 9.17) is 15.6 Å². The van der Waals surface area contributed by atoms with Crippen LogP contribution in [0.3, 0.4) is 0 Å². The van der Waals surface area contributed by atoms with Gasteiger partial charge in [-0.05, 0) is 38.2 Å². The van der Waals surface area contributed by atoms with Gasteiger partial charge in [-0.15, -0.1) is 0 Å². The van der Waals surface area contributed by atoms with Gasteiger partial charge < -0.3 is 15.6 Å². The van der Waals surface area contributed by atoms with Crippen molar-refractivity contribution in [2.75, 3.05) is 6.61 Å². The summed E-state index contributed by atoms with van der Waals surface area (Å²) in [5.74, 6) is 0.144. The van der Waals surface area contributed by atoms with Gasteiger partial charge in [0.05, 0.1) is 0 Å². The van der Waals surface area contributed by atoms with Crippen molar-refractivity contribution in [3.63, 3.8) is 0 Å². The molecule has 100 valence electrons. The Balaban J connectivity index is 2.77. The first kappa shape index (κ1) is 14.5. The summed E-state index contributed by atoms with van der Waals surface area (Å²) in [6.45, 7) is 3.75. The zero-order valence-corrected chi connectivity index (χ0v) is 10.9. The van der Waals surface area contributed by atoms with Gasteiger partial charge in [0.15, 0.2) is 0 Å². The molecule has 0 spiro atoms. The van der Waals surface area contributed by atoms with Crippen LogP contribution in [0.25, 0.3) is 0 Å². The molecule has 18 heavy (non-hydrogen) atoms. The summed E-state index contributed by atoms with van der Waals surface area (Å²) < 4.78 is 5.09. The van der Waals surface area contributed by atoms with Gasteiger partial charge >= 0.3 is 6.09 Å². The summed E-state index contributed by atoms with van der Waals surface area (Å²) >= 11 is 0. The van der Waals surface area contributed by atoms with Crippen molar-refractivity contribution in [3.8, 4) is 0 Å². The molecule has 1 unspecified atom stereocenters. The molecular weight excluding hydrogens is 230 g/mol. The van der Waals surface area contributed by atoms with Gasteiger partial charge in [0.1, 0.15) is 5.60 Å². The average Bonchev–Trinajstić information content (AvgIpc) is 2.27. The van der Waals surface area contributed by atoms with Gasteiger partial charge in [0.2, 0.25) is 0 Å². The number of carbonyl (C=O) groups excluding carboxylic acids is 1. The number of carbonyl (C=O) groups is 1. The highest BCUT2D eigenvalue weighted by Crippen LogP contribution is 2.30. The van der Waals surface area contributed by atoms with Crippen molar-refractivity contribution in [1.82, 2.24) is 0 Å². The third-order valence-corrected chi connectivity index (χ3v) is 2.86. The third-order valence-electron chi connectivity index (χ3n) is 2.86. The first-order chi connectivity index (χ1) is 8.44. The summed E-state index contributed by atoms with van der Waals surface area (Å²) in [5.41, 5.74) is 5.55. The van der Waals surface area contributed by atoms with Gasteiger partial charge in [0.25, 0.3) is 0 Å². The maximum absolute atomic E-state index is 10.8. The Kier molecular flexibility index (Phi) is 5.16. The first-order valence-electron chi connectivity index (χ1n) is 6.09. The zero-order chi connectivity index (χ0) is 13.6. The van der Waals surface area contributed by atoms with Crippen molar-refractivity contribution in [1.29, 1.82) is 0 Å². The predicted molar refractivity (Wildman–Crippen MR) is 70.3 cm³/mol. The summed E-state index contributed by atoms with van der Waals surface area (Å²) in [7, 11) is 0. The number of amides is 1. The Morgan fingerprint density at radius 1 is 1.39 bits per heavy atom. The molecule has 0 aliphatic heterocycles. The van der Waals surface area contributed by atoms with Crippen molar-refractivity contribution >= 4 is 6.09 Å². The fourth-order valence-electron chi connectivity index (χ4n) is 2.17. The van der Waals surface area contributed by atoms with Gasteiger partial charge in [-0.1, -0.05) is 30.3 Å². The second-order valence-corrected chi connectivity index (χ2v) is 5.00. The Hall–Kier alpha value is -1.55. The van der Waals surface area contributed by atoms with E-state index in [0.29, 0.717) is 12.8 Å². The number of hydrogen-bond acceptors (Lipinski definition) is 3. The van der Waals surface area contributed by atoms with E-state index in [1.165, 1.54) is 0 Å². The molecule has 0 bridgehead atoms. The van der Waals surface area contributed by atoms with E-state index in [0.717, 1.165) is 5.56 Å². The Morgan fingerprint density at radius 2 is 2.00 bits per heavy atom. The average molecular weight is 251 g/mol. The number of aliphatic hydroxyl groups excluding tert-OH is 1. The maximum Gasteiger partial charge on any atom is 0.405 e. The second kappa shape index (κ2) is 6.40. The molecule has 0 aliphatic rings. The van der Waals surface area contributed by atoms with Crippen LogP contribution in [-0.4, -0.2) is 23.4 Å². The molecule has 4 heteroatoms. The maximum atomic E-state index is 10.8. The molecule has 0 aromatic heterocycles. The van der Waals surface area contributed by atoms with Gasteiger partial charge in [-0.3, -0.25) is 0 Å². The number of rotatable bonds is 6. The van der Waals surface area contributed by atoms with Gasteiger partial charge in [-0.25, -0.2) is 4.79 Å². The molecule has 0 fully saturated rings. The number of benzene rings is 1. The van der Waals surface area contributed by atoms with Crippen molar-refractivity contribution in [2.24, 2.45) is 5.73 Å². The molecule has 1 aromatic carbocycles. The number of aliphatic hydroxyl groups is 1. The Bertz CT molecular complexity index is 376. The van der Waals surface area contributed by atoms with Crippen LogP contribution in [0.1, 0.15) is 38.2 Å². The van der Waals surface area contributed by atoms with E-state index in [1.807, 2.05) is 44.2 Å². The van der Waals surface area contributed by atoms with Crippen molar-refractivity contribution in [2.45, 2.75) is 38.2 Å². The van der Waals surface area contributed by atoms with E-state index in [2.05, 4.69) is 0 Å². The van der Waals surface area contributed by atoms with E-state index in [9.17, 15) is 4.79 Å². The number of primary amides is 1. The Labute approximate surface area is 108 Å². The van der Waals surface area contributed by atoms with E-state index in [-0.39, 0.29) is 12.5 Å². The van der Waals surface area contributed by atoms with Crippen LogP contribution in [0.5, 0.6) is 0 Å². The minimum atomic E-state index is -0.768. The van der Waals surface area contributed by atoms with Gasteiger partial charge in [-0.2, -0.15) is 0 Å². The van der Waals surface area contributed by atoms with E-state index < -0.39 is 11.7 Å². The van der Waals surface area contributed by atoms with E-state index >= 15 is 0 Å². The molecule has 1 atom stereocenters. The monoisotopic (exact) mass is 251 g/mol. The lowest BCUT2D eigenvalue weighted by Gasteiger charge is -2.29. The molecule has 1 aromatic rings. The normalized spacial score (nSPS) is 13.1. The van der Waals surface area contributed by atoms with E-state index in [1.54, 1.807) is 0 Å². The lowest BCUT2D eigenvalue weighted by atomic mass is 9.86. The topological polar surface area (TPSA) is 72.6 Å². The summed E-state index contributed by atoms with van der Waals surface area (Å²) in [6, 6.07) is 9.90. The quantitative estimate of drug-likeness (QED) is 0.815. The van der Waals surface area contributed by atoms with Crippen LogP contribution < -0.4 is 5.73 Å². The smallest absolute Gasteiger partial charge is 0.405 e. The fourth-order valence-corrected chi connectivity index (χ4v) is 2.17. The highest BCUT2D eigenvalue weighted by Gasteiger charge is 2.27. The van der Waals surface area contributed by atoms with Gasteiger partial charge in [0, 0.05) is 6.61 Å². The summed E-state index contributed by atoms with van der Waals surface area (Å²) in [5, 5.41) is 9.14. The number of hydrogen-bond donors (Lipinski definition) is 2.